The zero-order chi connectivity index (χ0) is 25.2. The quantitative estimate of drug-likeness (QED) is 0.144. The van der Waals surface area contributed by atoms with Crippen LogP contribution in [0, 0.1) is 35.4 Å². The third kappa shape index (κ3) is 19.9. The second-order valence-electron chi connectivity index (χ2n) is 6.55. The number of aldehydes is 2. The fraction of sp³-hybridized carbons (Fsp3) is 0.174. The minimum atomic E-state index is -1.48. The maximum Gasteiger partial charge on any atom is 1.00 e. The molecule has 0 fully saturated rings. The van der Waals surface area contributed by atoms with Crippen LogP contribution in [0.4, 0.5) is 8.78 Å². The monoisotopic (exact) mass is 540 g/mol. The van der Waals surface area contributed by atoms with Crippen LogP contribution in [0.15, 0.2) is 36.4 Å². The van der Waals surface area contributed by atoms with Crippen LogP contribution in [0.3, 0.4) is 0 Å². The van der Waals surface area contributed by atoms with Gasteiger partial charge in [-0.25, -0.2) is 8.78 Å². The second-order valence-corrected chi connectivity index (χ2v) is 11.3. The summed E-state index contributed by atoms with van der Waals surface area (Å²) < 4.78 is 26.1. The molecule has 0 radical (unpaired) electrons. The number of hydrogen-bond donors (Lipinski definition) is 1. The van der Waals surface area contributed by atoms with Crippen LogP contribution in [0.5, 0.6) is 0 Å². The largest absolute Gasteiger partial charge is 1.00 e. The molecule has 0 aromatic heterocycles. The molecular formula is C23H24F2K2O6Si. The van der Waals surface area contributed by atoms with Gasteiger partial charge in [-0.2, -0.15) is 0 Å². The molecule has 172 valence electrons. The second kappa shape index (κ2) is 24.3. The number of aliphatic hydroxyl groups excluding tert-OH is 1. The van der Waals surface area contributed by atoms with E-state index in [-0.39, 0.29) is 116 Å². The van der Waals surface area contributed by atoms with Gasteiger partial charge >= 0.3 is 103 Å². The summed E-state index contributed by atoms with van der Waals surface area (Å²) >= 11 is 0. The van der Waals surface area contributed by atoms with Gasteiger partial charge in [-0.3, -0.25) is 14.4 Å². The molecule has 0 saturated heterocycles. The molecule has 0 atom stereocenters. The Morgan fingerprint density at radius 2 is 1.32 bits per heavy atom. The predicted octanol–water partition coefficient (Wildman–Crippen LogP) is -3.35. The molecule has 0 aliphatic heterocycles. The Morgan fingerprint density at radius 3 is 1.59 bits per heavy atom. The SMILES string of the molecule is C#Cc1ccc(C=O)cc1F.CO.C[Si](C)(C)C#Cc1ccc(C=O)cc1F.O=CO[O-].[H-].[K+].[K+]. The molecule has 0 aliphatic carbocycles. The molecular weight excluding hydrogens is 517 g/mol. The zero-order valence-electron chi connectivity index (χ0n) is 21.0. The van der Waals surface area contributed by atoms with Crippen molar-refractivity contribution in [3.63, 3.8) is 0 Å². The van der Waals surface area contributed by atoms with E-state index >= 15 is 0 Å². The normalized spacial score (nSPS) is 8.21. The van der Waals surface area contributed by atoms with Gasteiger partial charge in [-0.05, 0) is 24.3 Å². The summed E-state index contributed by atoms with van der Waals surface area (Å²) in [4.78, 5) is 31.8. The number of halogens is 2. The van der Waals surface area contributed by atoms with E-state index in [0.717, 1.165) is 13.2 Å². The number of rotatable bonds is 3. The third-order valence-corrected chi connectivity index (χ3v) is 3.90. The van der Waals surface area contributed by atoms with Crippen molar-refractivity contribution in [3.05, 3.63) is 70.3 Å². The van der Waals surface area contributed by atoms with Crippen LogP contribution in [-0.2, 0) is 9.68 Å². The van der Waals surface area contributed by atoms with Crippen LogP contribution < -0.4 is 108 Å². The van der Waals surface area contributed by atoms with E-state index in [1.165, 1.54) is 18.2 Å². The Labute approximate surface area is 286 Å². The summed E-state index contributed by atoms with van der Waals surface area (Å²) in [6.45, 7) is 6.10. The number of carbonyl (C=O) groups is 3. The van der Waals surface area contributed by atoms with Crippen LogP contribution >= 0.6 is 0 Å². The molecule has 0 saturated carbocycles. The molecule has 0 amide bonds. The molecule has 1 N–H and O–H groups in total. The fourth-order valence-electron chi connectivity index (χ4n) is 1.68. The van der Waals surface area contributed by atoms with Crippen LogP contribution in [0.2, 0.25) is 19.6 Å². The standard InChI is InChI=1S/C12H13FOSi.C9H5FO.CH2O3.CH4O.2K.H/c1-15(2,3)7-6-11-5-4-10(9-14)8-12(11)13;1-2-8-4-3-7(6-11)5-9(8)10;2-1-4-3;1-2;;;/h4-5,8-9H,1-3H3;1,3-6H;1,3H;2H,1H3;;;/q;;;;2*+1;-1/p-1. The molecule has 0 spiro atoms. The first-order valence-electron chi connectivity index (χ1n) is 8.78. The van der Waals surface area contributed by atoms with Gasteiger partial charge in [0.2, 0.25) is 0 Å². The Kier molecular flexibility index (Phi) is 29.2. The first kappa shape index (κ1) is 40.8. The summed E-state index contributed by atoms with van der Waals surface area (Å²) in [5.74, 6) is 4.02. The minimum Gasteiger partial charge on any atom is -1.00 e. The molecule has 11 heteroatoms. The molecule has 0 heterocycles. The maximum atomic E-state index is 13.4. The topological polar surface area (TPSA) is 104 Å². The molecule has 6 nitrogen and oxygen atoms in total. The molecule has 0 bridgehead atoms. The van der Waals surface area contributed by atoms with Gasteiger partial charge in [0, 0.05) is 18.2 Å². The number of aliphatic hydroxyl groups is 1. The molecule has 2 rings (SSSR count). The van der Waals surface area contributed by atoms with Gasteiger partial charge in [-0.1, -0.05) is 43.6 Å². The average Bonchev–Trinajstić information content (AvgIpc) is 2.79. The van der Waals surface area contributed by atoms with Crippen LogP contribution in [0.25, 0.3) is 0 Å². The fourth-order valence-corrected chi connectivity index (χ4v) is 2.19. The number of terminal acetylenes is 1. The summed E-state index contributed by atoms with van der Waals surface area (Å²) in [5.41, 5.74) is 4.25. The maximum absolute atomic E-state index is 13.4. The van der Waals surface area contributed by atoms with Crippen molar-refractivity contribution >= 4 is 27.1 Å². The van der Waals surface area contributed by atoms with Crippen molar-refractivity contribution in [1.82, 2.24) is 0 Å². The van der Waals surface area contributed by atoms with E-state index < -0.39 is 19.7 Å². The van der Waals surface area contributed by atoms with Crippen molar-refractivity contribution in [2.45, 2.75) is 19.6 Å². The number of benzene rings is 2. The van der Waals surface area contributed by atoms with Crippen molar-refractivity contribution in [2.75, 3.05) is 7.11 Å². The van der Waals surface area contributed by atoms with E-state index in [1.54, 1.807) is 12.1 Å². The van der Waals surface area contributed by atoms with Crippen LogP contribution in [-0.4, -0.2) is 39.3 Å². The van der Waals surface area contributed by atoms with Gasteiger partial charge in [0.15, 0.2) is 0 Å². The Balaban J connectivity index is -0.000000134. The third-order valence-electron chi connectivity index (χ3n) is 3.03. The van der Waals surface area contributed by atoms with E-state index in [1.807, 2.05) is 0 Å². The van der Waals surface area contributed by atoms with E-state index in [2.05, 4.69) is 41.9 Å². The van der Waals surface area contributed by atoms with Gasteiger partial charge < -0.3 is 16.7 Å². The van der Waals surface area contributed by atoms with Crippen molar-refractivity contribution in [3.8, 4) is 23.8 Å². The van der Waals surface area contributed by atoms with Gasteiger partial charge in [-0.15, -0.1) is 12.0 Å². The summed E-state index contributed by atoms with van der Waals surface area (Å²) in [7, 11) is -0.482. The van der Waals surface area contributed by atoms with E-state index in [4.69, 9.17) is 21.6 Å². The number of carbonyl (C=O) groups excluding carboxylic acids is 3. The predicted molar refractivity (Wildman–Crippen MR) is 118 cm³/mol. The van der Waals surface area contributed by atoms with Crippen molar-refractivity contribution in [2.24, 2.45) is 0 Å². The molecule has 2 aromatic carbocycles. The molecule has 0 aliphatic rings. The molecule has 0 unspecified atom stereocenters. The Bertz CT molecular complexity index is 1000. The molecule has 34 heavy (non-hydrogen) atoms. The Morgan fingerprint density at radius 1 is 0.941 bits per heavy atom. The van der Waals surface area contributed by atoms with E-state index in [0.29, 0.717) is 29.3 Å². The average molecular weight is 541 g/mol. The first-order chi connectivity index (χ1) is 15.1. The number of hydrogen-bond acceptors (Lipinski definition) is 6. The summed E-state index contributed by atoms with van der Waals surface area (Å²) in [6.07, 6.45) is 6.16. The summed E-state index contributed by atoms with van der Waals surface area (Å²) in [5, 5.41) is 15.4. The van der Waals surface area contributed by atoms with E-state index in [9.17, 15) is 18.4 Å². The van der Waals surface area contributed by atoms with Gasteiger partial charge in [0.05, 0.1) is 11.1 Å². The summed E-state index contributed by atoms with van der Waals surface area (Å²) in [6, 6.07) is 8.32. The van der Waals surface area contributed by atoms with Gasteiger partial charge in [0.1, 0.15) is 32.3 Å². The van der Waals surface area contributed by atoms with Crippen molar-refractivity contribution in [1.29, 1.82) is 0 Å². The van der Waals surface area contributed by atoms with Gasteiger partial charge in [0.25, 0.3) is 6.47 Å². The zero-order valence-corrected chi connectivity index (χ0v) is 27.3. The first-order valence-corrected chi connectivity index (χ1v) is 12.3. The molecule has 2 aromatic rings. The minimum absolute atomic E-state index is 0. The van der Waals surface area contributed by atoms with Crippen LogP contribution in [0.1, 0.15) is 33.3 Å². The van der Waals surface area contributed by atoms with Crippen molar-refractivity contribution < 1.29 is 143 Å². The smallest absolute Gasteiger partial charge is 1.00 e. The Hall–Kier alpha value is -0.360.